The molecule has 0 saturated carbocycles. The van der Waals surface area contributed by atoms with Gasteiger partial charge in [0, 0.05) is 22.2 Å². The predicted octanol–water partition coefficient (Wildman–Crippen LogP) is 1.63. The second-order valence-corrected chi connectivity index (χ2v) is 4.94. The summed E-state index contributed by atoms with van der Waals surface area (Å²) in [5, 5.41) is 0. The van der Waals surface area contributed by atoms with E-state index < -0.39 is 0 Å². The normalized spacial score (nSPS) is 12.8. The van der Waals surface area contributed by atoms with Crippen molar-refractivity contribution < 1.29 is 4.79 Å². The number of carbonyl (C=O) groups excluding carboxylic acids is 1. The number of nitrogens with two attached hydrogens (primary N) is 2. The number of aryl methyl sites for hydroxylation is 2. The van der Waals surface area contributed by atoms with Crippen molar-refractivity contribution in [2.45, 2.75) is 32.7 Å². The summed E-state index contributed by atoms with van der Waals surface area (Å²) in [5.41, 5.74) is 12.2. The van der Waals surface area contributed by atoms with Gasteiger partial charge in [-0.1, -0.05) is 0 Å². The van der Waals surface area contributed by atoms with E-state index in [1.807, 2.05) is 0 Å². The first-order valence-electron chi connectivity index (χ1n) is 4.61. The highest BCUT2D eigenvalue weighted by Crippen LogP contribution is 2.27. The monoisotopic (exact) mass is 212 g/mol. The molecule has 0 aliphatic carbocycles. The lowest BCUT2D eigenvalue weighted by Crippen LogP contribution is -2.16. The van der Waals surface area contributed by atoms with Gasteiger partial charge in [-0.25, -0.2) is 0 Å². The van der Waals surface area contributed by atoms with Crippen LogP contribution in [-0.2, 0) is 4.79 Å². The second kappa shape index (κ2) is 4.57. The summed E-state index contributed by atoms with van der Waals surface area (Å²) >= 11 is 1.74. The van der Waals surface area contributed by atoms with Crippen molar-refractivity contribution in [2.75, 3.05) is 0 Å². The van der Waals surface area contributed by atoms with Gasteiger partial charge in [0.1, 0.15) is 0 Å². The minimum absolute atomic E-state index is 0.0625. The van der Waals surface area contributed by atoms with Crippen LogP contribution in [0.25, 0.3) is 0 Å². The predicted molar refractivity (Wildman–Crippen MR) is 59.1 cm³/mol. The molecule has 14 heavy (non-hydrogen) atoms. The molecule has 0 bridgehead atoms. The number of carbonyl (C=O) groups is 1. The summed E-state index contributed by atoms with van der Waals surface area (Å²) in [6, 6.07) is 2.03. The first kappa shape index (κ1) is 11.2. The molecule has 0 saturated heterocycles. The maximum atomic E-state index is 10.6. The maximum Gasteiger partial charge on any atom is 0.217 e. The van der Waals surface area contributed by atoms with Crippen LogP contribution in [0.15, 0.2) is 6.07 Å². The molecule has 1 heterocycles. The first-order valence-corrected chi connectivity index (χ1v) is 5.43. The Bertz CT molecular complexity index is 333. The van der Waals surface area contributed by atoms with Gasteiger partial charge in [0.05, 0.1) is 0 Å². The molecule has 1 rings (SSSR count). The van der Waals surface area contributed by atoms with Crippen molar-refractivity contribution in [1.82, 2.24) is 0 Å². The minimum Gasteiger partial charge on any atom is -0.370 e. The molecule has 0 fully saturated rings. The van der Waals surface area contributed by atoms with Gasteiger partial charge in [0.2, 0.25) is 5.91 Å². The fourth-order valence-electron chi connectivity index (χ4n) is 1.47. The van der Waals surface area contributed by atoms with Gasteiger partial charge in [-0.3, -0.25) is 4.79 Å². The molecule has 0 aliphatic heterocycles. The maximum absolute atomic E-state index is 10.6. The molecule has 1 atom stereocenters. The SMILES string of the molecule is Cc1cc(C(N)CCC(N)=O)c(C)s1. The Morgan fingerprint density at radius 2 is 2.21 bits per heavy atom. The van der Waals surface area contributed by atoms with E-state index in [1.54, 1.807) is 11.3 Å². The Morgan fingerprint density at radius 3 is 2.64 bits per heavy atom. The minimum atomic E-state index is -0.287. The quantitative estimate of drug-likeness (QED) is 0.796. The average molecular weight is 212 g/mol. The third-order valence-electron chi connectivity index (χ3n) is 2.18. The summed E-state index contributed by atoms with van der Waals surface area (Å²) in [4.78, 5) is 13.1. The van der Waals surface area contributed by atoms with Crippen LogP contribution in [0.1, 0.15) is 34.2 Å². The van der Waals surface area contributed by atoms with E-state index in [0.29, 0.717) is 12.8 Å². The first-order chi connectivity index (χ1) is 6.50. The van der Waals surface area contributed by atoms with Gasteiger partial charge < -0.3 is 11.5 Å². The molecule has 0 aromatic carbocycles. The van der Waals surface area contributed by atoms with Crippen LogP contribution >= 0.6 is 11.3 Å². The molecule has 0 aliphatic rings. The van der Waals surface area contributed by atoms with E-state index >= 15 is 0 Å². The lowest BCUT2D eigenvalue weighted by molar-refractivity contribution is -0.118. The van der Waals surface area contributed by atoms with E-state index in [9.17, 15) is 4.79 Å². The van der Waals surface area contributed by atoms with Crippen molar-refractivity contribution in [2.24, 2.45) is 11.5 Å². The van der Waals surface area contributed by atoms with Crippen molar-refractivity contribution in [3.05, 3.63) is 21.4 Å². The Morgan fingerprint density at radius 1 is 1.57 bits per heavy atom. The lowest BCUT2D eigenvalue weighted by atomic mass is 10.0. The number of amides is 1. The van der Waals surface area contributed by atoms with Gasteiger partial charge in [0.25, 0.3) is 0 Å². The van der Waals surface area contributed by atoms with E-state index in [4.69, 9.17) is 11.5 Å². The second-order valence-electron chi connectivity index (χ2n) is 3.48. The van der Waals surface area contributed by atoms with Gasteiger partial charge in [-0.2, -0.15) is 0 Å². The molecular weight excluding hydrogens is 196 g/mol. The van der Waals surface area contributed by atoms with E-state index in [2.05, 4.69) is 19.9 Å². The summed E-state index contributed by atoms with van der Waals surface area (Å²) in [6.45, 7) is 4.11. The molecule has 1 unspecified atom stereocenters. The lowest BCUT2D eigenvalue weighted by Gasteiger charge is -2.09. The largest absolute Gasteiger partial charge is 0.370 e. The highest BCUT2D eigenvalue weighted by molar-refractivity contribution is 7.12. The molecule has 3 nitrogen and oxygen atoms in total. The zero-order valence-corrected chi connectivity index (χ0v) is 9.36. The summed E-state index contributed by atoms with van der Waals surface area (Å²) in [5.74, 6) is -0.287. The zero-order valence-electron chi connectivity index (χ0n) is 8.54. The van der Waals surface area contributed by atoms with Gasteiger partial charge in [0.15, 0.2) is 0 Å². The molecular formula is C10H16N2OS. The van der Waals surface area contributed by atoms with E-state index in [-0.39, 0.29) is 11.9 Å². The average Bonchev–Trinajstić information content (AvgIpc) is 2.41. The van der Waals surface area contributed by atoms with Crippen LogP contribution in [0.4, 0.5) is 0 Å². The molecule has 0 radical (unpaired) electrons. The number of hydrogen-bond acceptors (Lipinski definition) is 3. The Labute approximate surface area is 88.1 Å². The van der Waals surface area contributed by atoms with Crippen LogP contribution in [0, 0.1) is 13.8 Å². The number of rotatable bonds is 4. The Balaban J connectivity index is 2.64. The van der Waals surface area contributed by atoms with Gasteiger partial charge >= 0.3 is 0 Å². The third-order valence-corrected chi connectivity index (χ3v) is 3.16. The van der Waals surface area contributed by atoms with Crippen molar-refractivity contribution >= 4 is 17.2 Å². The molecule has 1 amide bonds. The van der Waals surface area contributed by atoms with Gasteiger partial charge in [-0.05, 0) is 31.9 Å². The van der Waals surface area contributed by atoms with Crippen molar-refractivity contribution in [3.63, 3.8) is 0 Å². The Hall–Kier alpha value is -0.870. The number of primary amides is 1. The highest BCUT2D eigenvalue weighted by atomic mass is 32.1. The summed E-state index contributed by atoms with van der Waals surface area (Å²) in [7, 11) is 0. The number of hydrogen-bond donors (Lipinski definition) is 2. The van der Waals surface area contributed by atoms with Crippen LogP contribution in [0.5, 0.6) is 0 Å². The standard InChI is InChI=1S/C10H16N2OS/c1-6-5-8(7(2)14-6)9(11)3-4-10(12)13/h5,9H,3-4,11H2,1-2H3,(H2,12,13). The van der Waals surface area contributed by atoms with Crippen LogP contribution in [0.3, 0.4) is 0 Å². The van der Waals surface area contributed by atoms with Gasteiger partial charge in [-0.15, -0.1) is 11.3 Å². The highest BCUT2D eigenvalue weighted by Gasteiger charge is 2.12. The summed E-state index contributed by atoms with van der Waals surface area (Å²) < 4.78 is 0. The molecule has 1 aromatic rings. The molecule has 1 aromatic heterocycles. The van der Waals surface area contributed by atoms with Crippen molar-refractivity contribution in [1.29, 1.82) is 0 Å². The molecule has 0 spiro atoms. The van der Waals surface area contributed by atoms with Crippen LogP contribution < -0.4 is 11.5 Å². The zero-order chi connectivity index (χ0) is 10.7. The van der Waals surface area contributed by atoms with Crippen molar-refractivity contribution in [3.8, 4) is 0 Å². The van der Waals surface area contributed by atoms with Crippen LogP contribution in [-0.4, -0.2) is 5.91 Å². The summed E-state index contributed by atoms with van der Waals surface area (Å²) in [6.07, 6.45) is 0.988. The fourth-order valence-corrected chi connectivity index (χ4v) is 2.47. The molecule has 4 heteroatoms. The molecule has 4 N–H and O–H groups in total. The fraction of sp³-hybridized carbons (Fsp3) is 0.500. The topological polar surface area (TPSA) is 69.1 Å². The molecule has 78 valence electrons. The smallest absolute Gasteiger partial charge is 0.217 e. The van der Waals surface area contributed by atoms with E-state index in [0.717, 1.165) is 5.56 Å². The van der Waals surface area contributed by atoms with Crippen LogP contribution in [0.2, 0.25) is 0 Å². The number of thiophene rings is 1. The Kier molecular flexibility index (Phi) is 3.66. The third kappa shape index (κ3) is 2.82. The van der Waals surface area contributed by atoms with E-state index in [1.165, 1.54) is 9.75 Å².